The van der Waals surface area contributed by atoms with E-state index in [0.29, 0.717) is 29.4 Å². The molecule has 0 amide bonds. The molecule has 2 heterocycles. The number of rotatable bonds is 4. The number of aromatic amines is 2. The van der Waals surface area contributed by atoms with Crippen LogP contribution in [0.3, 0.4) is 0 Å². The molecule has 0 radical (unpaired) electrons. The van der Waals surface area contributed by atoms with E-state index in [-0.39, 0.29) is 11.0 Å². The maximum absolute atomic E-state index is 12.7. The normalized spacial score (nSPS) is 10.9. The van der Waals surface area contributed by atoms with E-state index in [1.54, 1.807) is 18.2 Å². The van der Waals surface area contributed by atoms with Gasteiger partial charge in [0.05, 0.1) is 20.8 Å². The van der Waals surface area contributed by atoms with Crippen LogP contribution in [0.2, 0.25) is 0 Å². The molecule has 0 fully saturated rings. The summed E-state index contributed by atoms with van der Waals surface area (Å²) in [6.07, 6.45) is 0. The van der Waals surface area contributed by atoms with Crippen LogP contribution >= 0.6 is 0 Å². The molecule has 0 aliphatic carbocycles. The van der Waals surface area contributed by atoms with Crippen LogP contribution in [0, 0.1) is 0 Å². The number of nitrogens with one attached hydrogen (secondary N) is 2. The third-order valence-electron chi connectivity index (χ3n) is 4.14. The number of benzene rings is 1. The van der Waals surface area contributed by atoms with Gasteiger partial charge in [0.2, 0.25) is 5.65 Å². The Morgan fingerprint density at radius 1 is 1.12 bits per heavy atom. The van der Waals surface area contributed by atoms with Gasteiger partial charge in [-0.05, 0) is 25.1 Å². The molecule has 9 heteroatoms. The Bertz CT molecular complexity index is 1170. The van der Waals surface area contributed by atoms with E-state index in [4.69, 9.17) is 9.47 Å². The second-order valence-electron chi connectivity index (χ2n) is 5.68. The van der Waals surface area contributed by atoms with Crippen molar-refractivity contribution in [2.45, 2.75) is 6.92 Å². The van der Waals surface area contributed by atoms with E-state index in [2.05, 4.69) is 9.97 Å². The van der Waals surface area contributed by atoms with Gasteiger partial charge in [-0.3, -0.25) is 4.79 Å². The first-order chi connectivity index (χ1) is 12.4. The van der Waals surface area contributed by atoms with Crippen LogP contribution in [0.1, 0.15) is 6.92 Å². The number of fused-ring (bicyclic) bond motifs is 1. The zero-order valence-electron chi connectivity index (χ0n) is 14.9. The van der Waals surface area contributed by atoms with Gasteiger partial charge >= 0.3 is 11.4 Å². The Morgan fingerprint density at radius 3 is 2.50 bits per heavy atom. The Balaban J connectivity index is 2.41. The molecule has 2 aromatic heterocycles. The zero-order chi connectivity index (χ0) is 19.0. The average Bonchev–Trinajstić information content (AvgIpc) is 2.64. The number of aryl methyl sites for hydroxylation is 1. The number of nitrogens with zero attached hydrogens (tertiary/aromatic N) is 2. The maximum atomic E-state index is 12.7. The first-order valence-electron chi connectivity index (χ1n) is 7.95. The van der Waals surface area contributed by atoms with E-state index in [0.717, 1.165) is 4.57 Å². The lowest BCUT2D eigenvalue weighted by atomic mass is 10.1. The van der Waals surface area contributed by atoms with Gasteiger partial charge in [-0.1, -0.05) is 0 Å². The van der Waals surface area contributed by atoms with Gasteiger partial charge in [0.15, 0.2) is 16.9 Å². The van der Waals surface area contributed by atoms with Gasteiger partial charge in [-0.2, -0.15) is 0 Å². The molecule has 0 bridgehead atoms. The first-order valence-corrected chi connectivity index (χ1v) is 7.95. The lowest BCUT2D eigenvalue weighted by Crippen LogP contribution is -2.43. The van der Waals surface area contributed by atoms with Gasteiger partial charge in [0.1, 0.15) is 5.69 Å². The third-order valence-corrected chi connectivity index (χ3v) is 4.14. The average molecular weight is 359 g/mol. The standard InChI is InChI=1S/C17H18N4O5/c1-5-26-10-7-6-9(8-11(10)25-4)13-12-14(19-16(23)18-13)20(2)17(24)21(3)15(12)22/h6-8H,5H2,1-4H3,(H,18,19,23)/p+1. The Morgan fingerprint density at radius 2 is 1.85 bits per heavy atom. The van der Waals surface area contributed by atoms with Crippen molar-refractivity contribution in [2.75, 3.05) is 13.7 Å². The molecule has 26 heavy (non-hydrogen) atoms. The van der Waals surface area contributed by atoms with Crippen LogP contribution in [0.5, 0.6) is 11.5 Å². The van der Waals surface area contributed by atoms with Crippen molar-refractivity contribution in [3.63, 3.8) is 0 Å². The molecule has 0 saturated heterocycles. The minimum Gasteiger partial charge on any atom is -0.493 e. The summed E-state index contributed by atoms with van der Waals surface area (Å²) in [4.78, 5) is 42.1. The van der Waals surface area contributed by atoms with Crippen molar-refractivity contribution in [1.29, 1.82) is 0 Å². The zero-order valence-corrected chi connectivity index (χ0v) is 14.9. The molecule has 0 aliphatic heterocycles. The SMILES string of the molecule is CCOc1ccc(-c2[nH]c(=O)[nH+]c3c2c(=O)n(C)c(=O)n3C)cc1OC. The van der Waals surface area contributed by atoms with E-state index < -0.39 is 16.9 Å². The van der Waals surface area contributed by atoms with Crippen LogP contribution in [0.15, 0.2) is 32.6 Å². The van der Waals surface area contributed by atoms with Crippen molar-refractivity contribution >= 4 is 11.0 Å². The predicted octanol–water partition coefficient (Wildman–Crippen LogP) is -0.186. The summed E-state index contributed by atoms with van der Waals surface area (Å²) in [6, 6.07) is 5.08. The van der Waals surface area contributed by atoms with Gasteiger partial charge < -0.3 is 9.47 Å². The maximum Gasteiger partial charge on any atom is 0.439 e. The summed E-state index contributed by atoms with van der Waals surface area (Å²) in [5.74, 6) is 1.01. The van der Waals surface area contributed by atoms with Gasteiger partial charge in [0.25, 0.3) is 5.56 Å². The molecule has 2 N–H and O–H groups in total. The Labute approximate surface area is 147 Å². The van der Waals surface area contributed by atoms with E-state index in [1.165, 1.54) is 25.8 Å². The quantitative estimate of drug-likeness (QED) is 0.695. The minimum atomic E-state index is -0.538. The molecule has 0 aliphatic rings. The van der Waals surface area contributed by atoms with Crippen LogP contribution in [0.4, 0.5) is 0 Å². The fraction of sp³-hybridized carbons (Fsp3) is 0.294. The third kappa shape index (κ3) is 2.67. The molecule has 136 valence electrons. The van der Waals surface area contributed by atoms with Crippen molar-refractivity contribution < 1.29 is 14.5 Å². The Hall–Kier alpha value is -3.36. The summed E-state index contributed by atoms with van der Waals surface area (Å²) < 4.78 is 13.0. The van der Waals surface area contributed by atoms with Gasteiger partial charge in [-0.25, -0.2) is 28.7 Å². The number of H-pyrrole nitrogens is 2. The van der Waals surface area contributed by atoms with E-state index in [9.17, 15) is 14.4 Å². The second-order valence-corrected chi connectivity index (χ2v) is 5.68. The topological polar surface area (TPSA) is 109 Å². The molecule has 0 saturated carbocycles. The number of aromatic nitrogens is 4. The summed E-state index contributed by atoms with van der Waals surface area (Å²) in [7, 11) is 4.38. The highest BCUT2D eigenvalue weighted by Gasteiger charge is 2.21. The fourth-order valence-corrected chi connectivity index (χ4v) is 2.85. The Kier molecular flexibility index (Phi) is 4.37. The highest BCUT2D eigenvalue weighted by molar-refractivity contribution is 5.88. The molecule has 1 aromatic carbocycles. The van der Waals surface area contributed by atoms with Crippen LogP contribution < -0.4 is 31.4 Å². The number of methoxy groups -OCH3 is 1. The number of ether oxygens (including phenoxy) is 2. The van der Waals surface area contributed by atoms with Crippen LogP contribution in [-0.4, -0.2) is 27.8 Å². The van der Waals surface area contributed by atoms with Crippen molar-refractivity contribution in [3.05, 3.63) is 49.5 Å². The molecule has 3 rings (SSSR count). The van der Waals surface area contributed by atoms with Crippen molar-refractivity contribution in [1.82, 2.24) is 14.1 Å². The second kappa shape index (κ2) is 6.51. The predicted molar refractivity (Wildman–Crippen MR) is 94.8 cm³/mol. The largest absolute Gasteiger partial charge is 0.493 e. The summed E-state index contributed by atoms with van der Waals surface area (Å²) in [5.41, 5.74) is -0.593. The molecule has 0 unspecified atom stereocenters. The van der Waals surface area contributed by atoms with Gasteiger partial charge in [-0.15, -0.1) is 0 Å². The lowest BCUT2D eigenvalue weighted by molar-refractivity contribution is -0.374. The minimum absolute atomic E-state index is 0.143. The van der Waals surface area contributed by atoms with Gasteiger partial charge in [0, 0.05) is 12.6 Å². The molecule has 3 aromatic rings. The monoisotopic (exact) mass is 359 g/mol. The van der Waals surface area contributed by atoms with Crippen LogP contribution in [-0.2, 0) is 14.1 Å². The smallest absolute Gasteiger partial charge is 0.439 e. The molecule has 9 nitrogen and oxygen atoms in total. The highest BCUT2D eigenvalue weighted by Crippen LogP contribution is 2.32. The molecule has 0 atom stereocenters. The number of hydrogen-bond donors (Lipinski definition) is 1. The van der Waals surface area contributed by atoms with E-state index in [1.807, 2.05) is 6.92 Å². The molecular weight excluding hydrogens is 340 g/mol. The van der Waals surface area contributed by atoms with Crippen LogP contribution in [0.25, 0.3) is 22.3 Å². The van der Waals surface area contributed by atoms with Crippen molar-refractivity contribution in [3.8, 4) is 22.8 Å². The molecular formula is C17H19N4O5+. The summed E-state index contributed by atoms with van der Waals surface area (Å²) in [6.45, 7) is 2.33. The summed E-state index contributed by atoms with van der Waals surface area (Å²) in [5, 5.41) is 0.195. The molecule has 0 spiro atoms. The first kappa shape index (κ1) is 17.5. The lowest BCUT2D eigenvalue weighted by Gasteiger charge is -2.11. The van der Waals surface area contributed by atoms with Crippen molar-refractivity contribution in [2.24, 2.45) is 14.1 Å². The number of hydrogen-bond acceptors (Lipinski definition) is 5. The highest BCUT2D eigenvalue weighted by atomic mass is 16.5. The summed E-state index contributed by atoms with van der Waals surface area (Å²) >= 11 is 0. The van der Waals surface area contributed by atoms with E-state index >= 15 is 0 Å². The fourth-order valence-electron chi connectivity index (χ4n) is 2.85.